The average molecular weight is 228 g/mol. The maximum Gasteiger partial charge on any atom is 0.320 e. The number of guanidine groups is 1. The van der Waals surface area contributed by atoms with E-state index in [4.69, 9.17) is 10.8 Å². The molecule has 16 heavy (non-hydrogen) atoms. The molecule has 0 spiro atoms. The van der Waals surface area contributed by atoms with Gasteiger partial charge in [0.25, 0.3) is 5.91 Å². The van der Waals surface area contributed by atoms with Crippen molar-refractivity contribution in [1.29, 1.82) is 0 Å². The summed E-state index contributed by atoms with van der Waals surface area (Å²) in [6, 6.07) is -1.12. The third kappa shape index (κ3) is 3.50. The van der Waals surface area contributed by atoms with Crippen molar-refractivity contribution in [3.8, 4) is 0 Å². The fourth-order valence-electron chi connectivity index (χ4n) is 1.25. The van der Waals surface area contributed by atoms with Gasteiger partial charge < -0.3 is 21.5 Å². The summed E-state index contributed by atoms with van der Waals surface area (Å²) in [4.78, 5) is 25.2. The lowest BCUT2D eigenvalue weighted by atomic mass is 10.2. The van der Waals surface area contributed by atoms with Crippen LogP contribution >= 0.6 is 0 Å². The molecule has 2 atom stereocenters. The molecule has 1 heterocycles. The van der Waals surface area contributed by atoms with E-state index >= 15 is 0 Å². The number of carbonyl (C=O) groups is 2. The van der Waals surface area contributed by atoms with Crippen molar-refractivity contribution in [3.05, 3.63) is 0 Å². The zero-order valence-electron chi connectivity index (χ0n) is 9.06. The van der Waals surface area contributed by atoms with Crippen LogP contribution in [0, 0.1) is 0 Å². The van der Waals surface area contributed by atoms with Crippen LogP contribution in [0.5, 0.6) is 0 Å². The van der Waals surface area contributed by atoms with Crippen molar-refractivity contribution >= 4 is 17.8 Å². The molecule has 2 unspecified atom stereocenters. The van der Waals surface area contributed by atoms with E-state index in [1.54, 1.807) is 6.92 Å². The molecule has 5 N–H and O–H groups in total. The number of amides is 1. The molecule has 7 nitrogen and oxygen atoms in total. The number of carbonyl (C=O) groups excluding carboxylic acids is 1. The van der Waals surface area contributed by atoms with E-state index in [1.165, 1.54) is 0 Å². The van der Waals surface area contributed by atoms with Crippen molar-refractivity contribution in [2.45, 2.75) is 31.8 Å². The maximum absolute atomic E-state index is 11.0. The largest absolute Gasteiger partial charge is 0.480 e. The minimum Gasteiger partial charge on any atom is -0.480 e. The summed E-state index contributed by atoms with van der Waals surface area (Å²) in [5.74, 6) is -0.758. The third-order valence-electron chi connectivity index (χ3n) is 2.25. The second-order valence-corrected chi connectivity index (χ2v) is 3.68. The predicted octanol–water partition coefficient (Wildman–Crippen LogP) is -1.36. The molecule has 1 aliphatic rings. The van der Waals surface area contributed by atoms with Crippen LogP contribution < -0.4 is 16.4 Å². The monoisotopic (exact) mass is 228 g/mol. The van der Waals surface area contributed by atoms with Gasteiger partial charge in [-0.15, -0.1) is 0 Å². The van der Waals surface area contributed by atoms with E-state index in [0.29, 0.717) is 25.3 Å². The van der Waals surface area contributed by atoms with Gasteiger partial charge in [0.15, 0.2) is 5.96 Å². The van der Waals surface area contributed by atoms with Crippen LogP contribution in [0.25, 0.3) is 0 Å². The summed E-state index contributed by atoms with van der Waals surface area (Å²) in [7, 11) is 0. The minimum atomic E-state index is -1.000. The number of carboxylic acid groups (broad SMARTS) is 1. The van der Waals surface area contributed by atoms with E-state index in [2.05, 4.69) is 15.6 Å². The lowest BCUT2D eigenvalue weighted by Crippen LogP contribution is -2.39. The first-order chi connectivity index (χ1) is 7.50. The zero-order valence-corrected chi connectivity index (χ0v) is 9.06. The molecule has 90 valence electrons. The Morgan fingerprint density at radius 2 is 2.44 bits per heavy atom. The molecule has 0 aliphatic carbocycles. The van der Waals surface area contributed by atoms with Gasteiger partial charge in [-0.05, 0) is 19.8 Å². The number of hydrogen-bond donors (Lipinski definition) is 4. The number of aliphatic carboxylic acids is 1. The predicted molar refractivity (Wildman–Crippen MR) is 57.9 cm³/mol. The molecule has 1 amide bonds. The summed E-state index contributed by atoms with van der Waals surface area (Å²) in [6.07, 6.45) is 0.996. The lowest BCUT2D eigenvalue weighted by molar-refractivity contribution is -0.138. The second kappa shape index (κ2) is 5.45. The highest BCUT2D eigenvalue weighted by atomic mass is 16.4. The Morgan fingerprint density at radius 1 is 1.75 bits per heavy atom. The fraction of sp³-hybridized carbons (Fsp3) is 0.667. The summed E-state index contributed by atoms with van der Waals surface area (Å²) < 4.78 is 0. The van der Waals surface area contributed by atoms with Gasteiger partial charge in [-0.3, -0.25) is 9.59 Å². The SMILES string of the molecule is CC1NC(NCCCC(N)C(=O)O)=NC1=O. The van der Waals surface area contributed by atoms with Gasteiger partial charge >= 0.3 is 5.97 Å². The first-order valence-electron chi connectivity index (χ1n) is 5.12. The normalized spacial score (nSPS) is 21.2. The highest BCUT2D eigenvalue weighted by Gasteiger charge is 2.21. The van der Waals surface area contributed by atoms with Crippen molar-refractivity contribution < 1.29 is 14.7 Å². The lowest BCUT2D eigenvalue weighted by Gasteiger charge is -2.09. The van der Waals surface area contributed by atoms with Crippen molar-refractivity contribution in [2.24, 2.45) is 10.7 Å². The summed E-state index contributed by atoms with van der Waals surface area (Å²) in [6.45, 7) is 2.26. The summed E-state index contributed by atoms with van der Waals surface area (Å²) in [5.41, 5.74) is 5.33. The van der Waals surface area contributed by atoms with Gasteiger partial charge in [0.1, 0.15) is 12.1 Å². The minimum absolute atomic E-state index is 0.204. The van der Waals surface area contributed by atoms with Crippen LogP contribution in [-0.4, -0.2) is 41.6 Å². The number of nitrogens with two attached hydrogens (primary N) is 1. The molecule has 0 aromatic rings. The van der Waals surface area contributed by atoms with Crippen LogP contribution in [0.4, 0.5) is 0 Å². The second-order valence-electron chi connectivity index (χ2n) is 3.68. The summed E-state index contributed by atoms with van der Waals surface area (Å²) in [5, 5.41) is 14.3. The fourth-order valence-corrected chi connectivity index (χ4v) is 1.25. The molecular formula is C9H16N4O3. The van der Waals surface area contributed by atoms with Crippen molar-refractivity contribution in [3.63, 3.8) is 0 Å². The van der Waals surface area contributed by atoms with Gasteiger partial charge in [-0.2, -0.15) is 4.99 Å². The first kappa shape index (κ1) is 12.4. The van der Waals surface area contributed by atoms with E-state index in [9.17, 15) is 9.59 Å². The third-order valence-corrected chi connectivity index (χ3v) is 2.25. The van der Waals surface area contributed by atoms with Crippen LogP contribution in [0.15, 0.2) is 4.99 Å². The van der Waals surface area contributed by atoms with E-state index < -0.39 is 12.0 Å². The van der Waals surface area contributed by atoms with Crippen molar-refractivity contribution in [1.82, 2.24) is 10.6 Å². The van der Waals surface area contributed by atoms with E-state index in [0.717, 1.165) is 0 Å². The number of carboxylic acids is 1. The van der Waals surface area contributed by atoms with Crippen LogP contribution in [0.3, 0.4) is 0 Å². The standard InChI is InChI=1S/C9H16N4O3/c1-5-7(14)13-9(12-5)11-4-2-3-6(10)8(15)16/h5-6H,2-4,10H2,1H3,(H,15,16)(H2,11,12,13,14). The van der Waals surface area contributed by atoms with Gasteiger partial charge in [0, 0.05) is 6.54 Å². The summed E-state index contributed by atoms with van der Waals surface area (Å²) >= 11 is 0. The Bertz CT molecular complexity index is 316. The van der Waals surface area contributed by atoms with Gasteiger partial charge in [-0.25, -0.2) is 0 Å². The number of rotatable bonds is 5. The molecule has 1 aliphatic heterocycles. The average Bonchev–Trinajstić information content (AvgIpc) is 2.53. The molecule has 0 aromatic carbocycles. The first-order valence-corrected chi connectivity index (χ1v) is 5.12. The molecule has 1 rings (SSSR count). The Morgan fingerprint density at radius 3 is 2.94 bits per heavy atom. The van der Waals surface area contributed by atoms with Gasteiger partial charge in [0.05, 0.1) is 0 Å². The Kier molecular flexibility index (Phi) is 4.24. The molecule has 7 heteroatoms. The van der Waals surface area contributed by atoms with Gasteiger partial charge in [0.2, 0.25) is 0 Å². The highest BCUT2D eigenvalue weighted by molar-refractivity contribution is 6.02. The molecular weight excluding hydrogens is 212 g/mol. The zero-order chi connectivity index (χ0) is 12.1. The Hall–Kier alpha value is -1.63. The smallest absolute Gasteiger partial charge is 0.320 e. The number of nitrogens with one attached hydrogen (secondary N) is 2. The highest BCUT2D eigenvalue weighted by Crippen LogP contribution is 1.97. The topological polar surface area (TPSA) is 117 Å². The molecule has 0 radical (unpaired) electrons. The van der Waals surface area contributed by atoms with Crippen LogP contribution in [0.1, 0.15) is 19.8 Å². The molecule has 0 saturated carbocycles. The molecule has 0 fully saturated rings. The Balaban J connectivity index is 2.15. The number of nitrogens with zero attached hydrogens (tertiary/aromatic N) is 1. The van der Waals surface area contributed by atoms with Gasteiger partial charge in [-0.1, -0.05) is 0 Å². The quantitative estimate of drug-likeness (QED) is 0.432. The van der Waals surface area contributed by atoms with E-state index in [1.807, 2.05) is 0 Å². The maximum atomic E-state index is 11.0. The van der Waals surface area contributed by atoms with Crippen LogP contribution in [-0.2, 0) is 9.59 Å². The van der Waals surface area contributed by atoms with Crippen molar-refractivity contribution in [2.75, 3.05) is 6.54 Å². The number of aliphatic imine (C=N–C) groups is 1. The Labute approximate surface area is 93.1 Å². The number of hydrogen-bond acceptors (Lipinski definition) is 5. The molecule has 0 bridgehead atoms. The molecule has 0 saturated heterocycles. The van der Waals surface area contributed by atoms with Crippen LogP contribution in [0.2, 0.25) is 0 Å². The van der Waals surface area contributed by atoms with E-state index in [-0.39, 0.29) is 11.9 Å². The molecule has 0 aromatic heterocycles.